The first kappa shape index (κ1) is 9.98. The van der Waals surface area contributed by atoms with Crippen LogP contribution in [0, 0.1) is 5.92 Å². The van der Waals surface area contributed by atoms with E-state index in [0.717, 1.165) is 5.69 Å². The zero-order valence-electron chi connectivity index (χ0n) is 8.39. The van der Waals surface area contributed by atoms with Crippen molar-refractivity contribution in [3.63, 3.8) is 0 Å². The second kappa shape index (κ2) is 3.90. The van der Waals surface area contributed by atoms with Gasteiger partial charge >= 0.3 is 0 Å². The lowest BCUT2D eigenvalue weighted by Crippen LogP contribution is -2.25. The summed E-state index contributed by atoms with van der Waals surface area (Å²) in [4.78, 5) is 13.3. The molecule has 4 heteroatoms. The van der Waals surface area contributed by atoms with Crippen molar-refractivity contribution in [2.45, 2.75) is 6.42 Å². The van der Waals surface area contributed by atoms with E-state index in [-0.39, 0.29) is 18.4 Å². The molecule has 0 radical (unpaired) electrons. The second-order valence-electron chi connectivity index (χ2n) is 3.82. The van der Waals surface area contributed by atoms with Crippen LogP contribution in [0.3, 0.4) is 0 Å². The Bertz CT molecular complexity index is 379. The van der Waals surface area contributed by atoms with Gasteiger partial charge in [0.15, 0.2) is 0 Å². The SMILES string of the molecule is Nc1ccccc1N1CC(CO)CC1=O. The van der Waals surface area contributed by atoms with Gasteiger partial charge in [0.2, 0.25) is 5.91 Å². The number of nitrogen functional groups attached to an aromatic ring is 1. The van der Waals surface area contributed by atoms with Gasteiger partial charge in [-0.1, -0.05) is 12.1 Å². The summed E-state index contributed by atoms with van der Waals surface area (Å²) in [6.45, 7) is 0.610. The number of rotatable bonds is 2. The van der Waals surface area contributed by atoms with Crippen LogP contribution in [0.5, 0.6) is 0 Å². The maximum atomic E-state index is 11.7. The first-order valence-electron chi connectivity index (χ1n) is 4.98. The number of aliphatic hydroxyl groups is 1. The number of amides is 1. The summed E-state index contributed by atoms with van der Waals surface area (Å²) in [5.41, 5.74) is 7.14. The third-order valence-electron chi connectivity index (χ3n) is 2.69. The van der Waals surface area contributed by atoms with Gasteiger partial charge < -0.3 is 15.7 Å². The van der Waals surface area contributed by atoms with E-state index in [1.165, 1.54) is 0 Å². The summed E-state index contributed by atoms with van der Waals surface area (Å²) in [6, 6.07) is 7.29. The fourth-order valence-corrected chi connectivity index (χ4v) is 1.87. The topological polar surface area (TPSA) is 66.6 Å². The Balaban J connectivity index is 2.25. The van der Waals surface area contributed by atoms with E-state index in [9.17, 15) is 4.79 Å². The van der Waals surface area contributed by atoms with Gasteiger partial charge in [0.1, 0.15) is 0 Å². The molecule has 1 aliphatic rings. The van der Waals surface area contributed by atoms with E-state index >= 15 is 0 Å². The van der Waals surface area contributed by atoms with Gasteiger partial charge in [-0.25, -0.2) is 0 Å². The minimum Gasteiger partial charge on any atom is -0.397 e. The Morgan fingerprint density at radius 1 is 1.47 bits per heavy atom. The van der Waals surface area contributed by atoms with Crippen LogP contribution in [0.4, 0.5) is 11.4 Å². The van der Waals surface area contributed by atoms with Gasteiger partial charge in [-0.3, -0.25) is 4.79 Å². The molecule has 1 saturated heterocycles. The van der Waals surface area contributed by atoms with E-state index in [1.807, 2.05) is 18.2 Å². The van der Waals surface area contributed by atoms with Crippen LogP contribution in [-0.2, 0) is 4.79 Å². The van der Waals surface area contributed by atoms with Crippen molar-refractivity contribution >= 4 is 17.3 Å². The number of anilines is 2. The predicted molar refractivity (Wildman–Crippen MR) is 58.4 cm³/mol. The average Bonchev–Trinajstić information content (AvgIpc) is 2.60. The minimum atomic E-state index is 0.0342. The number of para-hydroxylation sites is 2. The molecular formula is C11H14N2O2. The van der Waals surface area contributed by atoms with E-state index in [1.54, 1.807) is 11.0 Å². The first-order valence-corrected chi connectivity index (χ1v) is 4.98. The van der Waals surface area contributed by atoms with Gasteiger partial charge in [0.05, 0.1) is 11.4 Å². The molecule has 0 aliphatic carbocycles. The smallest absolute Gasteiger partial charge is 0.227 e. The van der Waals surface area contributed by atoms with Gasteiger partial charge in [-0.05, 0) is 12.1 Å². The Morgan fingerprint density at radius 3 is 2.80 bits per heavy atom. The van der Waals surface area contributed by atoms with Gasteiger partial charge in [-0.2, -0.15) is 0 Å². The standard InChI is InChI=1S/C11H14N2O2/c12-9-3-1-2-4-10(9)13-6-8(7-14)5-11(13)15/h1-4,8,14H,5-7,12H2. The lowest BCUT2D eigenvalue weighted by molar-refractivity contribution is -0.117. The monoisotopic (exact) mass is 206 g/mol. The molecule has 0 saturated carbocycles. The molecule has 80 valence electrons. The zero-order chi connectivity index (χ0) is 10.8. The maximum Gasteiger partial charge on any atom is 0.227 e. The van der Waals surface area contributed by atoms with Crippen molar-refractivity contribution < 1.29 is 9.90 Å². The molecule has 1 atom stereocenters. The van der Waals surface area contributed by atoms with Crippen LogP contribution in [0.15, 0.2) is 24.3 Å². The molecular weight excluding hydrogens is 192 g/mol. The van der Waals surface area contributed by atoms with Gasteiger partial charge in [0, 0.05) is 25.5 Å². The number of carbonyl (C=O) groups is 1. The largest absolute Gasteiger partial charge is 0.397 e. The summed E-state index contributed by atoms with van der Waals surface area (Å²) >= 11 is 0. The summed E-state index contributed by atoms with van der Waals surface area (Å²) in [6.07, 6.45) is 0.408. The lowest BCUT2D eigenvalue weighted by Gasteiger charge is -2.18. The Labute approximate surface area is 88.3 Å². The highest BCUT2D eigenvalue weighted by atomic mass is 16.3. The van der Waals surface area contributed by atoms with Gasteiger partial charge in [-0.15, -0.1) is 0 Å². The molecule has 1 fully saturated rings. The maximum absolute atomic E-state index is 11.7. The molecule has 1 aliphatic heterocycles. The average molecular weight is 206 g/mol. The van der Waals surface area contributed by atoms with Crippen molar-refractivity contribution in [1.82, 2.24) is 0 Å². The Kier molecular flexibility index (Phi) is 2.60. The van der Waals surface area contributed by atoms with Crippen LogP contribution in [-0.4, -0.2) is 24.2 Å². The Morgan fingerprint density at radius 2 is 2.20 bits per heavy atom. The molecule has 2 rings (SSSR count). The summed E-state index contributed by atoms with van der Waals surface area (Å²) in [7, 11) is 0. The zero-order valence-corrected chi connectivity index (χ0v) is 8.39. The highest BCUT2D eigenvalue weighted by Crippen LogP contribution is 2.28. The molecule has 15 heavy (non-hydrogen) atoms. The summed E-state index contributed by atoms with van der Waals surface area (Å²) in [5.74, 6) is 0.0732. The molecule has 1 amide bonds. The molecule has 1 aromatic carbocycles. The minimum absolute atomic E-state index is 0.0342. The second-order valence-corrected chi connectivity index (χ2v) is 3.82. The summed E-state index contributed by atoms with van der Waals surface area (Å²) in [5, 5.41) is 9.01. The van der Waals surface area contributed by atoms with Crippen molar-refractivity contribution in [2.75, 3.05) is 23.8 Å². The first-order chi connectivity index (χ1) is 7.22. The number of carbonyl (C=O) groups excluding carboxylic acids is 1. The van der Waals surface area contributed by atoms with Crippen LogP contribution in [0.2, 0.25) is 0 Å². The van der Waals surface area contributed by atoms with Crippen molar-refractivity contribution in [3.05, 3.63) is 24.3 Å². The van der Waals surface area contributed by atoms with Crippen LogP contribution in [0.1, 0.15) is 6.42 Å². The summed E-state index contributed by atoms with van der Waals surface area (Å²) < 4.78 is 0. The van der Waals surface area contributed by atoms with Crippen molar-refractivity contribution in [3.8, 4) is 0 Å². The van der Waals surface area contributed by atoms with Crippen molar-refractivity contribution in [2.24, 2.45) is 5.92 Å². The van der Waals surface area contributed by atoms with Crippen molar-refractivity contribution in [1.29, 1.82) is 0 Å². The fraction of sp³-hybridized carbons (Fsp3) is 0.364. The Hall–Kier alpha value is -1.55. The third-order valence-corrected chi connectivity index (χ3v) is 2.69. The molecule has 0 aromatic heterocycles. The number of aliphatic hydroxyl groups excluding tert-OH is 1. The number of benzene rings is 1. The molecule has 0 spiro atoms. The number of hydrogen-bond donors (Lipinski definition) is 2. The molecule has 0 bridgehead atoms. The highest BCUT2D eigenvalue weighted by Gasteiger charge is 2.30. The lowest BCUT2D eigenvalue weighted by atomic mass is 10.1. The van der Waals surface area contributed by atoms with Crippen LogP contribution in [0.25, 0.3) is 0 Å². The van der Waals surface area contributed by atoms with Gasteiger partial charge in [0.25, 0.3) is 0 Å². The van der Waals surface area contributed by atoms with E-state index in [4.69, 9.17) is 10.8 Å². The highest BCUT2D eigenvalue weighted by molar-refractivity contribution is 5.98. The number of nitrogens with zero attached hydrogens (tertiary/aromatic N) is 1. The third kappa shape index (κ3) is 1.80. The molecule has 1 heterocycles. The van der Waals surface area contributed by atoms with Crippen LogP contribution < -0.4 is 10.6 Å². The quantitative estimate of drug-likeness (QED) is 0.697. The van der Waals surface area contributed by atoms with Crippen LogP contribution >= 0.6 is 0 Å². The normalized spacial score (nSPS) is 21.0. The molecule has 1 aromatic rings. The van der Waals surface area contributed by atoms with E-state index in [2.05, 4.69) is 0 Å². The molecule has 3 N–H and O–H groups in total. The molecule has 1 unspecified atom stereocenters. The van der Waals surface area contributed by atoms with E-state index in [0.29, 0.717) is 18.7 Å². The molecule has 4 nitrogen and oxygen atoms in total. The predicted octanol–water partition coefficient (Wildman–Crippen LogP) is 0.614. The van der Waals surface area contributed by atoms with E-state index < -0.39 is 0 Å². The number of nitrogens with two attached hydrogens (primary N) is 1. The number of hydrogen-bond acceptors (Lipinski definition) is 3. The fourth-order valence-electron chi connectivity index (χ4n) is 1.87.